The summed E-state index contributed by atoms with van der Waals surface area (Å²) in [4.78, 5) is 28.4. The van der Waals surface area contributed by atoms with Crippen molar-refractivity contribution < 1.29 is 9.72 Å². The van der Waals surface area contributed by atoms with Crippen molar-refractivity contribution in [3.8, 4) is 0 Å². The van der Waals surface area contributed by atoms with Gasteiger partial charge in [0.15, 0.2) is 0 Å². The number of nitro groups is 1. The molecular weight excluding hydrogens is 226 g/mol. The van der Waals surface area contributed by atoms with Crippen LogP contribution in [0, 0.1) is 10.1 Å². The highest BCUT2D eigenvalue weighted by atomic mass is 16.6. The summed E-state index contributed by atoms with van der Waals surface area (Å²) in [5.41, 5.74) is -0.189. The zero-order valence-electron chi connectivity index (χ0n) is 9.34. The summed E-state index contributed by atoms with van der Waals surface area (Å²) in [7, 11) is 0. The smallest absolute Gasteiger partial charge is 0.305 e. The van der Waals surface area contributed by atoms with Crippen molar-refractivity contribution in [1.82, 2.24) is 15.3 Å². The molecule has 8 nitrogen and oxygen atoms in total. The van der Waals surface area contributed by atoms with Gasteiger partial charge in [-0.25, -0.2) is 9.97 Å². The summed E-state index contributed by atoms with van der Waals surface area (Å²) in [6, 6.07) is 0. The van der Waals surface area contributed by atoms with Crippen LogP contribution in [0.1, 0.15) is 13.3 Å². The zero-order valence-corrected chi connectivity index (χ0v) is 9.34. The van der Waals surface area contributed by atoms with Crippen LogP contribution in [0.5, 0.6) is 0 Å². The SMILES string of the molecule is CCCNC(=O)CNc1ncc([N+](=O)[O-])cn1. The molecule has 1 aromatic heterocycles. The molecule has 0 aliphatic rings. The molecule has 0 spiro atoms. The van der Waals surface area contributed by atoms with Gasteiger partial charge < -0.3 is 10.6 Å². The molecule has 0 saturated heterocycles. The number of nitrogens with zero attached hydrogens (tertiary/aromatic N) is 3. The highest BCUT2D eigenvalue weighted by Gasteiger charge is 2.07. The minimum absolute atomic E-state index is 0.0395. The normalized spacial score (nSPS) is 9.71. The van der Waals surface area contributed by atoms with Gasteiger partial charge in [0.05, 0.1) is 11.5 Å². The lowest BCUT2D eigenvalue weighted by Gasteiger charge is -2.04. The Morgan fingerprint density at radius 1 is 1.47 bits per heavy atom. The molecular formula is C9H13N5O3. The molecule has 1 amide bonds. The van der Waals surface area contributed by atoms with Crippen LogP contribution in [0.25, 0.3) is 0 Å². The fourth-order valence-corrected chi connectivity index (χ4v) is 0.993. The van der Waals surface area contributed by atoms with E-state index in [1.807, 2.05) is 6.92 Å². The number of amides is 1. The van der Waals surface area contributed by atoms with E-state index in [0.29, 0.717) is 6.54 Å². The first-order valence-corrected chi connectivity index (χ1v) is 5.10. The summed E-state index contributed by atoms with van der Waals surface area (Å²) in [6.45, 7) is 2.60. The average Bonchev–Trinajstić information content (AvgIpc) is 2.34. The maximum atomic E-state index is 11.2. The number of carbonyl (C=O) groups is 1. The molecule has 0 unspecified atom stereocenters. The van der Waals surface area contributed by atoms with Crippen LogP contribution in [0.3, 0.4) is 0 Å². The fourth-order valence-electron chi connectivity index (χ4n) is 0.993. The third kappa shape index (κ3) is 4.41. The van der Waals surface area contributed by atoms with Gasteiger partial charge in [-0.1, -0.05) is 6.92 Å². The van der Waals surface area contributed by atoms with Crippen molar-refractivity contribution in [3.05, 3.63) is 22.5 Å². The van der Waals surface area contributed by atoms with Crippen LogP contribution in [0.2, 0.25) is 0 Å². The Bertz CT molecular complexity index is 392. The number of nitrogens with one attached hydrogen (secondary N) is 2. The Morgan fingerprint density at radius 3 is 2.65 bits per heavy atom. The summed E-state index contributed by atoms with van der Waals surface area (Å²) in [6.07, 6.45) is 3.03. The maximum Gasteiger partial charge on any atom is 0.305 e. The lowest BCUT2D eigenvalue weighted by atomic mass is 10.4. The second-order valence-electron chi connectivity index (χ2n) is 3.23. The lowest BCUT2D eigenvalue weighted by Crippen LogP contribution is -2.30. The lowest BCUT2D eigenvalue weighted by molar-refractivity contribution is -0.385. The molecule has 92 valence electrons. The number of anilines is 1. The Morgan fingerprint density at radius 2 is 2.12 bits per heavy atom. The third-order valence-corrected chi connectivity index (χ3v) is 1.83. The van der Waals surface area contributed by atoms with Gasteiger partial charge in [-0.05, 0) is 6.42 Å². The van der Waals surface area contributed by atoms with Crippen LogP contribution in [0.15, 0.2) is 12.4 Å². The Hall–Kier alpha value is -2.25. The summed E-state index contributed by atoms with van der Waals surface area (Å²) in [5, 5.41) is 15.7. The third-order valence-electron chi connectivity index (χ3n) is 1.83. The minimum atomic E-state index is -0.586. The molecule has 0 aliphatic carbocycles. The summed E-state index contributed by atoms with van der Waals surface area (Å²) in [5.74, 6) is 0.0102. The van der Waals surface area contributed by atoms with Gasteiger partial charge in [0, 0.05) is 6.54 Å². The Labute approximate surface area is 97.6 Å². The van der Waals surface area contributed by atoms with Crippen molar-refractivity contribution in [1.29, 1.82) is 0 Å². The van der Waals surface area contributed by atoms with Crippen molar-refractivity contribution >= 4 is 17.5 Å². The van der Waals surface area contributed by atoms with Gasteiger partial charge in [-0.15, -0.1) is 0 Å². The van der Waals surface area contributed by atoms with Gasteiger partial charge in [-0.3, -0.25) is 14.9 Å². The molecule has 0 aromatic carbocycles. The molecule has 1 heterocycles. The second kappa shape index (κ2) is 6.36. The maximum absolute atomic E-state index is 11.2. The van der Waals surface area contributed by atoms with Gasteiger partial charge in [0.25, 0.3) is 0 Å². The van der Waals surface area contributed by atoms with E-state index in [9.17, 15) is 14.9 Å². The molecule has 17 heavy (non-hydrogen) atoms. The number of rotatable bonds is 6. The van der Waals surface area contributed by atoms with E-state index in [4.69, 9.17) is 0 Å². The summed E-state index contributed by atoms with van der Waals surface area (Å²) < 4.78 is 0. The van der Waals surface area contributed by atoms with Crippen molar-refractivity contribution in [2.45, 2.75) is 13.3 Å². The van der Waals surface area contributed by atoms with Crippen LogP contribution < -0.4 is 10.6 Å². The fraction of sp³-hybridized carbons (Fsp3) is 0.444. The first-order valence-electron chi connectivity index (χ1n) is 5.10. The molecule has 1 aromatic rings. The molecule has 8 heteroatoms. The molecule has 0 aliphatic heterocycles. The second-order valence-corrected chi connectivity index (χ2v) is 3.23. The van der Waals surface area contributed by atoms with Crippen LogP contribution in [0.4, 0.5) is 11.6 Å². The van der Waals surface area contributed by atoms with E-state index < -0.39 is 4.92 Å². The predicted octanol–water partition coefficient (Wildman–Crippen LogP) is 0.323. The number of hydrogen-bond acceptors (Lipinski definition) is 6. The number of hydrogen-bond donors (Lipinski definition) is 2. The van der Waals surface area contributed by atoms with Crippen molar-refractivity contribution in [2.24, 2.45) is 0 Å². The van der Waals surface area contributed by atoms with Gasteiger partial charge in [0.1, 0.15) is 12.4 Å². The summed E-state index contributed by atoms with van der Waals surface area (Å²) >= 11 is 0. The quantitative estimate of drug-likeness (QED) is 0.546. The van der Waals surface area contributed by atoms with Gasteiger partial charge in [-0.2, -0.15) is 0 Å². The highest BCUT2D eigenvalue weighted by Crippen LogP contribution is 2.07. The first kappa shape index (κ1) is 12.8. The van der Waals surface area contributed by atoms with E-state index in [1.54, 1.807) is 0 Å². The standard InChI is InChI=1S/C9H13N5O3/c1-2-3-10-8(15)6-13-9-11-4-7(5-12-9)14(16)17/h4-5H,2-3,6H2,1H3,(H,10,15)(H,11,12,13). The van der Waals surface area contributed by atoms with E-state index >= 15 is 0 Å². The molecule has 1 rings (SSSR count). The number of carbonyl (C=O) groups excluding carboxylic acids is 1. The van der Waals surface area contributed by atoms with Gasteiger partial charge >= 0.3 is 5.69 Å². The predicted molar refractivity (Wildman–Crippen MR) is 60.5 cm³/mol. The van der Waals surface area contributed by atoms with Crippen LogP contribution in [-0.2, 0) is 4.79 Å². The Kier molecular flexibility index (Phi) is 4.79. The average molecular weight is 239 g/mol. The first-order chi connectivity index (χ1) is 8.13. The van der Waals surface area contributed by atoms with E-state index in [-0.39, 0.29) is 24.1 Å². The van der Waals surface area contributed by atoms with Crippen molar-refractivity contribution in [2.75, 3.05) is 18.4 Å². The molecule has 0 bridgehead atoms. The van der Waals surface area contributed by atoms with Gasteiger partial charge in [0.2, 0.25) is 11.9 Å². The van der Waals surface area contributed by atoms with Crippen molar-refractivity contribution in [3.63, 3.8) is 0 Å². The van der Waals surface area contributed by atoms with Crippen LogP contribution in [-0.4, -0.2) is 33.9 Å². The highest BCUT2D eigenvalue weighted by molar-refractivity contribution is 5.80. The largest absolute Gasteiger partial charge is 0.355 e. The van der Waals surface area contributed by atoms with E-state index in [0.717, 1.165) is 18.8 Å². The minimum Gasteiger partial charge on any atom is -0.355 e. The molecule has 2 N–H and O–H groups in total. The molecule has 0 fully saturated rings. The Balaban J connectivity index is 2.42. The number of aromatic nitrogens is 2. The van der Waals surface area contributed by atoms with Crippen LogP contribution >= 0.6 is 0 Å². The molecule has 0 radical (unpaired) electrons. The zero-order chi connectivity index (χ0) is 12.7. The molecule has 0 atom stereocenters. The molecule has 0 saturated carbocycles. The topological polar surface area (TPSA) is 110 Å². The van der Waals surface area contributed by atoms with E-state index in [2.05, 4.69) is 20.6 Å². The van der Waals surface area contributed by atoms with E-state index in [1.165, 1.54) is 0 Å². The monoisotopic (exact) mass is 239 g/mol.